The Morgan fingerprint density at radius 3 is 2.86 bits per heavy atom. The lowest BCUT2D eigenvalue weighted by Crippen LogP contribution is -2.23. The summed E-state index contributed by atoms with van der Waals surface area (Å²) in [6, 6.07) is 2.94. The molecule has 1 atom stereocenters. The van der Waals surface area contributed by atoms with Crippen LogP contribution in [0.5, 0.6) is 0 Å². The first kappa shape index (κ1) is 14.8. The average molecular weight is 318 g/mol. The summed E-state index contributed by atoms with van der Waals surface area (Å²) in [5.41, 5.74) is 6.74. The molecule has 22 heavy (non-hydrogen) atoms. The van der Waals surface area contributed by atoms with Crippen LogP contribution in [0.2, 0.25) is 0 Å². The minimum Gasteiger partial charge on any atom is -0.321 e. The average Bonchev–Trinajstić information content (AvgIpc) is 2.91. The molecule has 3 aromatic rings. The molecule has 0 amide bonds. The fraction of sp³-hybridized carbons (Fsp3) is 0.267. The Kier molecular flexibility index (Phi) is 3.76. The maximum atomic E-state index is 13.8. The molecule has 0 aliphatic rings. The highest BCUT2D eigenvalue weighted by atomic mass is 32.1. The molecule has 0 saturated heterocycles. The Balaban J connectivity index is 2.17. The van der Waals surface area contributed by atoms with Gasteiger partial charge in [0.2, 0.25) is 0 Å². The van der Waals surface area contributed by atoms with Gasteiger partial charge in [-0.05, 0) is 18.1 Å². The highest BCUT2D eigenvalue weighted by Gasteiger charge is 2.17. The molecule has 3 N–H and O–H groups in total. The van der Waals surface area contributed by atoms with Crippen LogP contribution < -0.4 is 11.3 Å². The van der Waals surface area contributed by atoms with Gasteiger partial charge in [0.1, 0.15) is 16.3 Å². The van der Waals surface area contributed by atoms with Gasteiger partial charge in [-0.2, -0.15) is 0 Å². The van der Waals surface area contributed by atoms with Crippen molar-refractivity contribution < 1.29 is 4.39 Å². The summed E-state index contributed by atoms with van der Waals surface area (Å²) in [4.78, 5) is 23.7. The largest absolute Gasteiger partial charge is 0.321 e. The van der Waals surface area contributed by atoms with Crippen LogP contribution in [0.1, 0.15) is 25.7 Å². The van der Waals surface area contributed by atoms with Gasteiger partial charge in [-0.1, -0.05) is 13.8 Å². The first-order valence-electron chi connectivity index (χ1n) is 6.86. The van der Waals surface area contributed by atoms with E-state index in [1.807, 2.05) is 13.8 Å². The third-order valence-electron chi connectivity index (χ3n) is 3.47. The Bertz CT molecular complexity index is 887. The third kappa shape index (κ3) is 2.53. The molecule has 0 bridgehead atoms. The number of hydrogen-bond acceptors (Lipinski definition) is 5. The van der Waals surface area contributed by atoms with E-state index in [9.17, 15) is 9.18 Å². The lowest BCUT2D eigenvalue weighted by Gasteiger charge is -2.13. The SMILES string of the molecule is CC(C)C(N)c1nc2cc(-c3ccncc3F)sc2c(=O)[nH]1. The number of hydrogen-bond donors (Lipinski definition) is 2. The van der Waals surface area contributed by atoms with E-state index in [0.29, 0.717) is 26.5 Å². The van der Waals surface area contributed by atoms with E-state index in [4.69, 9.17) is 5.73 Å². The van der Waals surface area contributed by atoms with Crippen molar-refractivity contribution in [2.24, 2.45) is 11.7 Å². The Morgan fingerprint density at radius 2 is 2.18 bits per heavy atom. The van der Waals surface area contributed by atoms with Gasteiger partial charge in [0.25, 0.3) is 5.56 Å². The first-order chi connectivity index (χ1) is 10.5. The number of halogens is 1. The molecule has 0 aliphatic carbocycles. The number of thiophene rings is 1. The molecule has 0 saturated carbocycles. The van der Waals surface area contributed by atoms with E-state index in [-0.39, 0.29) is 17.5 Å². The van der Waals surface area contributed by atoms with Crippen LogP contribution in [-0.2, 0) is 0 Å². The zero-order chi connectivity index (χ0) is 15.9. The second kappa shape index (κ2) is 5.58. The van der Waals surface area contributed by atoms with E-state index in [2.05, 4.69) is 15.0 Å². The van der Waals surface area contributed by atoms with E-state index in [1.54, 1.807) is 12.1 Å². The number of pyridine rings is 1. The Hall–Kier alpha value is -2.12. The summed E-state index contributed by atoms with van der Waals surface area (Å²) in [5.74, 6) is 0.174. The molecule has 5 nitrogen and oxygen atoms in total. The van der Waals surface area contributed by atoms with Gasteiger partial charge in [-0.25, -0.2) is 9.37 Å². The molecule has 1 unspecified atom stereocenters. The molecule has 3 rings (SSSR count). The van der Waals surface area contributed by atoms with Crippen LogP contribution in [-0.4, -0.2) is 15.0 Å². The maximum Gasteiger partial charge on any atom is 0.268 e. The summed E-state index contributed by atoms with van der Waals surface area (Å²) in [6.07, 6.45) is 2.66. The molecule has 114 valence electrons. The standard InChI is InChI=1S/C15H15FN4OS/c1-7(2)12(17)14-19-10-5-11(22-13(10)15(21)20-14)8-3-4-18-6-9(8)16/h3-7,12H,17H2,1-2H3,(H,19,20,21). The highest BCUT2D eigenvalue weighted by Crippen LogP contribution is 2.32. The molecule has 0 spiro atoms. The predicted octanol–water partition coefficient (Wildman–Crippen LogP) is 2.84. The van der Waals surface area contributed by atoms with Crippen molar-refractivity contribution in [3.63, 3.8) is 0 Å². The summed E-state index contributed by atoms with van der Waals surface area (Å²) in [7, 11) is 0. The van der Waals surface area contributed by atoms with Crippen molar-refractivity contribution in [1.29, 1.82) is 0 Å². The van der Waals surface area contributed by atoms with Crippen molar-refractivity contribution in [3.8, 4) is 10.4 Å². The Labute approximate surface area is 130 Å². The number of nitrogens with two attached hydrogens (primary N) is 1. The molecule has 0 aromatic carbocycles. The zero-order valence-electron chi connectivity index (χ0n) is 12.1. The van der Waals surface area contributed by atoms with Crippen molar-refractivity contribution in [3.05, 3.63) is 46.5 Å². The second-order valence-electron chi connectivity index (χ2n) is 5.40. The maximum absolute atomic E-state index is 13.8. The van der Waals surface area contributed by atoms with E-state index < -0.39 is 5.82 Å². The summed E-state index contributed by atoms with van der Waals surface area (Å²) in [5, 5.41) is 0. The molecule has 3 heterocycles. The molecular weight excluding hydrogens is 303 g/mol. The number of aromatic amines is 1. The number of H-pyrrole nitrogens is 1. The van der Waals surface area contributed by atoms with Crippen molar-refractivity contribution in [2.75, 3.05) is 0 Å². The number of rotatable bonds is 3. The van der Waals surface area contributed by atoms with E-state index in [0.717, 1.165) is 6.20 Å². The van der Waals surface area contributed by atoms with Gasteiger partial charge < -0.3 is 10.7 Å². The number of nitrogens with zero attached hydrogens (tertiary/aromatic N) is 2. The molecule has 0 fully saturated rings. The van der Waals surface area contributed by atoms with Crippen molar-refractivity contribution in [1.82, 2.24) is 15.0 Å². The lowest BCUT2D eigenvalue weighted by atomic mass is 10.1. The minimum atomic E-state index is -0.426. The van der Waals surface area contributed by atoms with Crippen molar-refractivity contribution >= 4 is 21.6 Å². The first-order valence-corrected chi connectivity index (χ1v) is 7.68. The van der Waals surface area contributed by atoms with Crippen LogP contribution in [0.4, 0.5) is 4.39 Å². The fourth-order valence-electron chi connectivity index (χ4n) is 2.14. The monoisotopic (exact) mass is 318 g/mol. The highest BCUT2D eigenvalue weighted by molar-refractivity contribution is 7.22. The molecule has 0 aliphatic heterocycles. The summed E-state index contributed by atoms with van der Waals surface area (Å²) in [6.45, 7) is 3.92. The lowest BCUT2D eigenvalue weighted by molar-refractivity contribution is 0.491. The summed E-state index contributed by atoms with van der Waals surface area (Å²) < 4.78 is 14.3. The molecular formula is C15H15FN4OS. The van der Waals surface area contributed by atoms with Crippen LogP contribution >= 0.6 is 11.3 Å². The molecule has 0 radical (unpaired) electrons. The van der Waals surface area contributed by atoms with Gasteiger partial charge in [-0.3, -0.25) is 9.78 Å². The van der Waals surface area contributed by atoms with Gasteiger partial charge in [0, 0.05) is 16.6 Å². The van der Waals surface area contributed by atoms with E-state index >= 15 is 0 Å². The van der Waals surface area contributed by atoms with Crippen LogP contribution in [0, 0.1) is 11.7 Å². The normalized spacial score (nSPS) is 13.0. The number of nitrogens with one attached hydrogen (secondary N) is 1. The second-order valence-corrected chi connectivity index (χ2v) is 6.45. The Morgan fingerprint density at radius 1 is 1.41 bits per heavy atom. The van der Waals surface area contributed by atoms with Gasteiger partial charge in [-0.15, -0.1) is 11.3 Å². The number of fused-ring (bicyclic) bond motifs is 1. The van der Waals surface area contributed by atoms with E-state index in [1.165, 1.54) is 17.5 Å². The molecule has 3 aromatic heterocycles. The minimum absolute atomic E-state index is 0.149. The third-order valence-corrected chi connectivity index (χ3v) is 4.63. The van der Waals surface area contributed by atoms with Crippen molar-refractivity contribution in [2.45, 2.75) is 19.9 Å². The van der Waals surface area contributed by atoms with Gasteiger partial charge >= 0.3 is 0 Å². The van der Waals surface area contributed by atoms with Crippen LogP contribution in [0.3, 0.4) is 0 Å². The predicted molar refractivity (Wildman–Crippen MR) is 85.2 cm³/mol. The van der Waals surface area contributed by atoms with Crippen LogP contribution in [0.25, 0.3) is 20.7 Å². The summed E-state index contributed by atoms with van der Waals surface area (Å²) >= 11 is 1.21. The molecule has 7 heteroatoms. The van der Waals surface area contributed by atoms with Gasteiger partial charge in [0.15, 0.2) is 0 Å². The topological polar surface area (TPSA) is 84.7 Å². The van der Waals surface area contributed by atoms with Crippen LogP contribution in [0.15, 0.2) is 29.3 Å². The smallest absolute Gasteiger partial charge is 0.268 e. The van der Waals surface area contributed by atoms with Gasteiger partial charge in [0.05, 0.1) is 17.8 Å². The number of aromatic nitrogens is 3. The quantitative estimate of drug-likeness (QED) is 0.777. The zero-order valence-corrected chi connectivity index (χ0v) is 12.9. The fourth-order valence-corrected chi connectivity index (χ4v) is 3.16.